The van der Waals surface area contributed by atoms with Crippen LogP contribution in [0.5, 0.6) is 0 Å². The molecule has 1 atom stereocenters. The van der Waals surface area contributed by atoms with Crippen LogP contribution in [0, 0.1) is 4.77 Å². The Bertz CT molecular complexity index is 317. The predicted octanol–water partition coefficient (Wildman–Crippen LogP) is 0.104. The van der Waals surface area contributed by atoms with Crippen LogP contribution in [0.1, 0.15) is 6.92 Å². The van der Waals surface area contributed by atoms with E-state index in [2.05, 4.69) is 15.5 Å². The fraction of sp³-hybridized carbons (Fsp3) is 0.800. The van der Waals surface area contributed by atoms with Crippen LogP contribution in [0.4, 0.5) is 0 Å². The summed E-state index contributed by atoms with van der Waals surface area (Å²) >= 11 is 4.83. The lowest BCUT2D eigenvalue weighted by Gasteiger charge is -1.98. The van der Waals surface area contributed by atoms with Crippen LogP contribution >= 0.6 is 12.2 Å². The summed E-state index contributed by atoms with van der Waals surface area (Å²) in [6.45, 7) is 2.48. The second kappa shape index (κ2) is 4.46. The van der Waals surface area contributed by atoms with Crippen molar-refractivity contribution in [2.24, 2.45) is 0 Å². The van der Waals surface area contributed by atoms with Crippen LogP contribution in [0.25, 0.3) is 0 Å². The highest BCUT2D eigenvalue weighted by Crippen LogP contribution is 1.87. The van der Waals surface area contributed by atoms with Gasteiger partial charge in [-0.25, -0.2) is 4.68 Å². The van der Waals surface area contributed by atoms with Gasteiger partial charge in [-0.3, -0.25) is 4.21 Å². The van der Waals surface area contributed by atoms with Gasteiger partial charge < -0.3 is 0 Å². The number of hydrogen-bond acceptors (Lipinski definition) is 4. The zero-order chi connectivity index (χ0) is 8.97. The van der Waals surface area contributed by atoms with Gasteiger partial charge in [-0.05, 0) is 12.2 Å². The molecule has 1 aromatic rings. The van der Waals surface area contributed by atoms with Crippen molar-refractivity contribution in [1.29, 1.82) is 0 Å². The molecule has 0 saturated heterocycles. The Morgan fingerprint density at radius 3 is 3.00 bits per heavy atom. The molecule has 68 valence electrons. The number of tetrazole rings is 1. The van der Waals surface area contributed by atoms with Crippen molar-refractivity contribution in [3.63, 3.8) is 0 Å². The highest BCUT2D eigenvalue weighted by Gasteiger charge is 1.98. The first-order valence-corrected chi connectivity index (χ1v) is 5.46. The summed E-state index contributed by atoms with van der Waals surface area (Å²) in [7, 11) is -0.763. The molecule has 0 spiro atoms. The molecule has 0 aliphatic heterocycles. The fourth-order valence-electron chi connectivity index (χ4n) is 0.699. The molecule has 0 aliphatic carbocycles. The molecule has 0 radical (unpaired) electrons. The summed E-state index contributed by atoms with van der Waals surface area (Å²) in [6.07, 6.45) is 0. The highest BCUT2D eigenvalue weighted by atomic mass is 32.2. The summed E-state index contributed by atoms with van der Waals surface area (Å²) < 4.78 is 13.0. The summed E-state index contributed by atoms with van der Waals surface area (Å²) in [4.78, 5) is 0. The van der Waals surface area contributed by atoms with Crippen molar-refractivity contribution < 1.29 is 4.21 Å². The lowest BCUT2D eigenvalue weighted by Crippen LogP contribution is -2.10. The highest BCUT2D eigenvalue weighted by molar-refractivity contribution is 7.84. The van der Waals surface area contributed by atoms with E-state index in [-0.39, 0.29) is 0 Å². The SMILES string of the molecule is CCS(=O)CCn1[nH]nnc1=S. The van der Waals surface area contributed by atoms with Gasteiger partial charge in [-0.1, -0.05) is 17.2 Å². The number of nitrogens with one attached hydrogen (secondary N) is 1. The number of H-pyrrole nitrogens is 1. The summed E-state index contributed by atoms with van der Waals surface area (Å²) in [5.41, 5.74) is 0. The monoisotopic (exact) mass is 206 g/mol. The summed E-state index contributed by atoms with van der Waals surface area (Å²) in [5, 5.41) is 9.71. The van der Waals surface area contributed by atoms with E-state index in [0.717, 1.165) is 0 Å². The van der Waals surface area contributed by atoms with Crippen molar-refractivity contribution in [2.45, 2.75) is 13.5 Å². The van der Waals surface area contributed by atoms with Gasteiger partial charge in [0.15, 0.2) is 0 Å². The fourth-order valence-corrected chi connectivity index (χ4v) is 1.55. The lowest BCUT2D eigenvalue weighted by molar-refractivity contribution is 0.615. The number of aromatic nitrogens is 4. The van der Waals surface area contributed by atoms with Crippen LogP contribution in [-0.4, -0.2) is 35.9 Å². The Morgan fingerprint density at radius 1 is 1.75 bits per heavy atom. The van der Waals surface area contributed by atoms with E-state index >= 15 is 0 Å². The molecule has 1 aromatic heterocycles. The summed E-state index contributed by atoms with van der Waals surface area (Å²) in [6, 6.07) is 0. The largest absolute Gasteiger partial charge is 0.260 e. The molecule has 1 heterocycles. The Hall–Kier alpha value is -0.560. The van der Waals surface area contributed by atoms with E-state index < -0.39 is 10.8 Å². The number of aryl methyl sites for hydroxylation is 1. The second-order valence-corrected chi connectivity index (χ2v) is 4.40. The molecular weight excluding hydrogens is 196 g/mol. The van der Waals surface area contributed by atoms with Crippen LogP contribution in [0.2, 0.25) is 0 Å². The molecule has 0 aromatic carbocycles. The van der Waals surface area contributed by atoms with E-state index in [1.165, 1.54) is 0 Å². The molecule has 1 rings (SSSR count). The molecule has 7 heteroatoms. The van der Waals surface area contributed by atoms with Gasteiger partial charge in [0.25, 0.3) is 0 Å². The van der Waals surface area contributed by atoms with Gasteiger partial charge >= 0.3 is 0 Å². The second-order valence-electron chi connectivity index (χ2n) is 2.17. The smallest absolute Gasteiger partial charge is 0.238 e. The minimum atomic E-state index is -0.763. The van der Waals surface area contributed by atoms with Crippen molar-refractivity contribution in [2.75, 3.05) is 11.5 Å². The molecule has 0 bridgehead atoms. The molecule has 1 N–H and O–H groups in total. The number of rotatable bonds is 4. The molecule has 1 unspecified atom stereocenters. The van der Waals surface area contributed by atoms with Crippen molar-refractivity contribution in [1.82, 2.24) is 20.2 Å². The van der Waals surface area contributed by atoms with E-state index in [1.807, 2.05) is 6.92 Å². The van der Waals surface area contributed by atoms with Gasteiger partial charge in [0.2, 0.25) is 4.77 Å². The third-order valence-corrected chi connectivity index (χ3v) is 2.98. The van der Waals surface area contributed by atoms with Crippen LogP contribution in [-0.2, 0) is 17.3 Å². The standard InChI is InChI=1S/C5H10N4OS2/c1-2-12(10)4-3-9-5(11)6-7-8-9/h2-4H2,1H3,(H,6,8,11). The molecule has 0 amide bonds. The zero-order valence-corrected chi connectivity index (χ0v) is 8.32. The third kappa shape index (κ3) is 2.49. The van der Waals surface area contributed by atoms with Crippen LogP contribution < -0.4 is 0 Å². The van der Waals surface area contributed by atoms with Crippen molar-refractivity contribution in [3.8, 4) is 0 Å². The van der Waals surface area contributed by atoms with Crippen LogP contribution in [0.3, 0.4) is 0 Å². The first-order valence-electron chi connectivity index (χ1n) is 3.57. The first-order chi connectivity index (χ1) is 5.74. The van der Waals surface area contributed by atoms with Gasteiger partial charge in [0, 0.05) is 22.3 Å². The van der Waals surface area contributed by atoms with E-state index in [1.54, 1.807) is 4.68 Å². The number of hydrogen-bond donors (Lipinski definition) is 1. The number of nitrogens with zero attached hydrogens (tertiary/aromatic N) is 3. The average Bonchev–Trinajstić information content (AvgIpc) is 2.47. The predicted molar refractivity (Wildman–Crippen MR) is 48.8 cm³/mol. The van der Waals surface area contributed by atoms with Gasteiger partial charge in [-0.2, -0.15) is 5.21 Å². The molecule has 0 aliphatic rings. The average molecular weight is 206 g/mol. The minimum Gasteiger partial charge on any atom is -0.260 e. The maximum atomic E-state index is 11.0. The molecular formula is C5H10N4OS2. The Balaban J connectivity index is 2.49. The topological polar surface area (TPSA) is 63.6 Å². The van der Waals surface area contributed by atoms with Crippen molar-refractivity contribution in [3.05, 3.63) is 4.77 Å². The lowest BCUT2D eigenvalue weighted by atomic mass is 10.8. The quantitative estimate of drug-likeness (QED) is 0.710. The molecule has 0 saturated carbocycles. The Labute approximate surface area is 77.6 Å². The Kier molecular flexibility index (Phi) is 3.54. The third-order valence-electron chi connectivity index (χ3n) is 1.40. The minimum absolute atomic E-state index is 0.406. The number of aromatic amines is 1. The van der Waals surface area contributed by atoms with Crippen molar-refractivity contribution >= 4 is 23.0 Å². The van der Waals surface area contributed by atoms with E-state index in [0.29, 0.717) is 22.8 Å². The Morgan fingerprint density at radius 2 is 2.50 bits per heavy atom. The van der Waals surface area contributed by atoms with E-state index in [9.17, 15) is 4.21 Å². The zero-order valence-electron chi connectivity index (χ0n) is 6.69. The van der Waals surface area contributed by atoms with Gasteiger partial charge in [-0.15, -0.1) is 0 Å². The van der Waals surface area contributed by atoms with Crippen LogP contribution in [0.15, 0.2) is 0 Å². The van der Waals surface area contributed by atoms with E-state index in [4.69, 9.17) is 12.2 Å². The molecule has 0 fully saturated rings. The summed E-state index contributed by atoms with van der Waals surface area (Å²) in [5.74, 6) is 1.27. The normalized spacial score (nSPS) is 13.1. The maximum Gasteiger partial charge on any atom is 0.238 e. The maximum absolute atomic E-state index is 11.0. The van der Waals surface area contributed by atoms with Gasteiger partial charge in [0.05, 0.1) is 6.54 Å². The molecule has 5 nitrogen and oxygen atoms in total. The van der Waals surface area contributed by atoms with Gasteiger partial charge in [0.1, 0.15) is 0 Å². The molecule has 12 heavy (non-hydrogen) atoms. The first kappa shape index (κ1) is 9.53.